The number of guanidine groups is 1. The Kier molecular flexibility index (Phi) is 6.72. The fraction of sp³-hybridized carbons (Fsp3) is 0.381. The maximum Gasteiger partial charge on any atom is 0.198 e. The van der Waals surface area contributed by atoms with Gasteiger partial charge in [0, 0.05) is 28.8 Å². The van der Waals surface area contributed by atoms with Crippen molar-refractivity contribution in [3.63, 3.8) is 0 Å². The number of anilines is 1. The smallest absolute Gasteiger partial charge is 0.198 e. The molecule has 0 heterocycles. The van der Waals surface area contributed by atoms with E-state index in [-0.39, 0.29) is 18.1 Å². The second-order valence-electron chi connectivity index (χ2n) is 6.94. The van der Waals surface area contributed by atoms with Crippen LogP contribution in [0.3, 0.4) is 0 Å². The molecule has 0 aliphatic heterocycles. The van der Waals surface area contributed by atoms with Crippen LogP contribution < -0.4 is 5.32 Å². The molecule has 0 unspecified atom stereocenters. The van der Waals surface area contributed by atoms with Gasteiger partial charge in [-0.25, -0.2) is 9.38 Å². The molecule has 0 radical (unpaired) electrons. The molecule has 144 valence electrons. The van der Waals surface area contributed by atoms with Gasteiger partial charge in [-0.2, -0.15) is 0 Å². The van der Waals surface area contributed by atoms with E-state index >= 15 is 0 Å². The molecule has 1 saturated carbocycles. The summed E-state index contributed by atoms with van der Waals surface area (Å²) in [6.07, 6.45) is 3.52. The highest BCUT2D eigenvalue weighted by Gasteiger charge is 2.25. The van der Waals surface area contributed by atoms with E-state index in [1.54, 1.807) is 24.3 Å². The van der Waals surface area contributed by atoms with E-state index in [2.05, 4.69) is 33.1 Å². The predicted octanol–water partition coefficient (Wildman–Crippen LogP) is 5.38. The van der Waals surface area contributed by atoms with Crippen LogP contribution in [-0.2, 0) is 6.54 Å². The molecule has 6 heteroatoms. The number of nitrogens with one attached hydrogen (secondary N) is 1. The Morgan fingerprint density at radius 2 is 2.00 bits per heavy atom. The fourth-order valence-corrected chi connectivity index (χ4v) is 3.29. The maximum atomic E-state index is 14.1. The van der Waals surface area contributed by atoms with E-state index in [0.29, 0.717) is 11.5 Å². The van der Waals surface area contributed by atoms with Crippen molar-refractivity contribution >= 4 is 27.6 Å². The van der Waals surface area contributed by atoms with E-state index in [4.69, 9.17) is 4.99 Å². The Morgan fingerprint density at radius 3 is 2.67 bits per heavy atom. The Morgan fingerprint density at radius 1 is 1.26 bits per heavy atom. The lowest BCUT2D eigenvalue weighted by Gasteiger charge is -2.27. The van der Waals surface area contributed by atoms with Gasteiger partial charge in [-0.05, 0) is 67.6 Å². The minimum absolute atomic E-state index is 0.221. The molecular weight excluding hydrogens is 409 g/mol. The Labute approximate surface area is 168 Å². The number of aromatic hydroxyl groups is 1. The van der Waals surface area contributed by atoms with Gasteiger partial charge < -0.3 is 15.3 Å². The van der Waals surface area contributed by atoms with Crippen molar-refractivity contribution in [3.8, 4) is 5.75 Å². The van der Waals surface area contributed by atoms with Gasteiger partial charge in [0.2, 0.25) is 0 Å². The van der Waals surface area contributed by atoms with Crippen LogP contribution in [0.1, 0.15) is 31.7 Å². The lowest BCUT2D eigenvalue weighted by Crippen LogP contribution is -2.38. The summed E-state index contributed by atoms with van der Waals surface area (Å²) in [4.78, 5) is 6.97. The Hall–Kier alpha value is -2.08. The molecule has 0 saturated heterocycles. The molecule has 3 rings (SSSR count). The van der Waals surface area contributed by atoms with Crippen LogP contribution in [0, 0.1) is 11.7 Å². The number of nitrogens with zero attached hydrogens (tertiary/aromatic N) is 2. The van der Waals surface area contributed by atoms with Crippen molar-refractivity contribution in [1.29, 1.82) is 0 Å². The van der Waals surface area contributed by atoms with Gasteiger partial charge in [-0.1, -0.05) is 22.9 Å². The summed E-state index contributed by atoms with van der Waals surface area (Å²) in [7, 11) is 0. The number of benzene rings is 2. The van der Waals surface area contributed by atoms with Gasteiger partial charge in [0.1, 0.15) is 11.6 Å². The molecule has 0 atom stereocenters. The molecule has 2 aromatic carbocycles. The first kappa shape index (κ1) is 19.7. The van der Waals surface area contributed by atoms with Crippen molar-refractivity contribution in [2.45, 2.75) is 32.7 Å². The zero-order chi connectivity index (χ0) is 19.2. The van der Waals surface area contributed by atoms with Gasteiger partial charge in [0.15, 0.2) is 5.96 Å². The highest BCUT2D eigenvalue weighted by atomic mass is 79.9. The summed E-state index contributed by atoms with van der Waals surface area (Å²) in [5.41, 5.74) is 1.40. The van der Waals surface area contributed by atoms with Gasteiger partial charge in [0.25, 0.3) is 0 Å². The average Bonchev–Trinajstić information content (AvgIpc) is 3.47. The van der Waals surface area contributed by atoms with Crippen molar-refractivity contribution in [2.24, 2.45) is 10.9 Å². The van der Waals surface area contributed by atoms with E-state index in [1.807, 2.05) is 12.1 Å². The SMILES string of the molecule is CCCN(CC1CC1)C(=NCc1cc(Br)ccc1F)Nc1ccc(O)cc1. The molecule has 2 N–H and O–H groups in total. The molecule has 1 aliphatic rings. The average molecular weight is 434 g/mol. The lowest BCUT2D eigenvalue weighted by atomic mass is 10.2. The zero-order valence-electron chi connectivity index (χ0n) is 15.5. The second kappa shape index (κ2) is 9.22. The molecule has 0 aromatic heterocycles. The fourth-order valence-electron chi connectivity index (χ4n) is 2.88. The van der Waals surface area contributed by atoms with Crippen LogP contribution in [0.4, 0.5) is 10.1 Å². The van der Waals surface area contributed by atoms with Gasteiger partial charge >= 0.3 is 0 Å². The van der Waals surface area contributed by atoms with Crippen LogP contribution in [0.25, 0.3) is 0 Å². The summed E-state index contributed by atoms with van der Waals surface area (Å²) in [6, 6.07) is 11.8. The topological polar surface area (TPSA) is 47.9 Å². The lowest BCUT2D eigenvalue weighted by molar-refractivity contribution is 0.396. The zero-order valence-corrected chi connectivity index (χ0v) is 17.0. The third kappa shape index (κ3) is 5.96. The third-order valence-electron chi connectivity index (χ3n) is 4.50. The predicted molar refractivity (Wildman–Crippen MR) is 112 cm³/mol. The molecule has 0 amide bonds. The number of rotatable bonds is 7. The maximum absolute atomic E-state index is 14.1. The highest BCUT2D eigenvalue weighted by molar-refractivity contribution is 9.10. The third-order valence-corrected chi connectivity index (χ3v) is 4.99. The van der Waals surface area contributed by atoms with E-state index in [1.165, 1.54) is 18.9 Å². The van der Waals surface area contributed by atoms with Crippen molar-refractivity contribution in [1.82, 2.24) is 4.90 Å². The number of hydrogen-bond donors (Lipinski definition) is 2. The minimum atomic E-state index is -0.254. The molecule has 1 fully saturated rings. The summed E-state index contributed by atoms with van der Waals surface area (Å²) >= 11 is 3.39. The number of halogens is 2. The van der Waals surface area contributed by atoms with Crippen LogP contribution in [0.2, 0.25) is 0 Å². The number of aliphatic imine (C=N–C) groups is 1. The second-order valence-corrected chi connectivity index (χ2v) is 7.85. The monoisotopic (exact) mass is 433 g/mol. The van der Waals surface area contributed by atoms with Crippen LogP contribution >= 0.6 is 15.9 Å². The van der Waals surface area contributed by atoms with Gasteiger partial charge in [0.05, 0.1) is 6.54 Å². The normalized spacial score (nSPS) is 14.3. The van der Waals surface area contributed by atoms with Crippen molar-refractivity contribution in [3.05, 3.63) is 58.3 Å². The number of phenolic OH excluding ortho intramolecular Hbond substituents is 1. The molecule has 0 bridgehead atoms. The summed E-state index contributed by atoms with van der Waals surface area (Å²) in [5, 5.41) is 12.9. The first-order valence-corrected chi connectivity index (χ1v) is 10.1. The van der Waals surface area contributed by atoms with Gasteiger partial charge in [-0.15, -0.1) is 0 Å². The molecular formula is C21H25BrFN3O. The van der Waals surface area contributed by atoms with Crippen LogP contribution in [0.5, 0.6) is 5.75 Å². The summed E-state index contributed by atoms with van der Waals surface area (Å²) < 4.78 is 14.9. The number of phenols is 1. The van der Waals surface area contributed by atoms with Crippen LogP contribution in [-0.4, -0.2) is 29.1 Å². The van der Waals surface area contributed by atoms with Crippen molar-refractivity contribution in [2.75, 3.05) is 18.4 Å². The van der Waals surface area contributed by atoms with E-state index in [9.17, 15) is 9.50 Å². The molecule has 27 heavy (non-hydrogen) atoms. The molecule has 4 nitrogen and oxygen atoms in total. The largest absolute Gasteiger partial charge is 0.508 e. The Bertz CT molecular complexity index is 791. The minimum Gasteiger partial charge on any atom is -0.508 e. The number of hydrogen-bond acceptors (Lipinski definition) is 2. The Balaban J connectivity index is 1.84. The van der Waals surface area contributed by atoms with E-state index < -0.39 is 0 Å². The highest BCUT2D eigenvalue weighted by Crippen LogP contribution is 2.30. The molecule has 0 spiro atoms. The van der Waals surface area contributed by atoms with E-state index in [0.717, 1.165) is 35.6 Å². The quantitative estimate of drug-likeness (QED) is 0.349. The first-order valence-electron chi connectivity index (χ1n) is 9.34. The van der Waals surface area contributed by atoms with Crippen molar-refractivity contribution < 1.29 is 9.50 Å². The summed E-state index contributed by atoms with van der Waals surface area (Å²) in [5.74, 6) is 1.42. The van der Waals surface area contributed by atoms with Gasteiger partial charge in [-0.3, -0.25) is 0 Å². The summed E-state index contributed by atoms with van der Waals surface area (Å²) in [6.45, 7) is 4.25. The first-order chi connectivity index (χ1) is 13.0. The molecule has 1 aliphatic carbocycles. The van der Waals surface area contributed by atoms with Crippen LogP contribution in [0.15, 0.2) is 51.9 Å². The molecule has 2 aromatic rings. The standard InChI is InChI=1S/C21H25BrFN3O/c1-2-11-26(14-15-3-4-15)21(25-18-6-8-19(27)9-7-18)24-13-16-12-17(22)5-10-20(16)23/h5-10,12,15,27H,2-4,11,13-14H2,1H3,(H,24,25).